The highest BCUT2D eigenvalue weighted by atomic mass is 19.4. The molecule has 8 heteroatoms. The van der Waals surface area contributed by atoms with Gasteiger partial charge in [-0.1, -0.05) is 0 Å². The van der Waals surface area contributed by atoms with Crippen LogP contribution < -0.4 is 4.74 Å². The Bertz CT molecular complexity index is 839. The quantitative estimate of drug-likeness (QED) is 0.733. The van der Waals surface area contributed by atoms with Crippen LogP contribution in [-0.4, -0.2) is 26.9 Å². The molecule has 24 heavy (non-hydrogen) atoms. The second-order valence-electron chi connectivity index (χ2n) is 5.05. The molecule has 0 spiro atoms. The van der Waals surface area contributed by atoms with Crippen molar-refractivity contribution in [1.82, 2.24) is 19.7 Å². The van der Waals surface area contributed by atoms with Gasteiger partial charge in [-0.3, -0.25) is 4.98 Å². The summed E-state index contributed by atoms with van der Waals surface area (Å²) in [5.41, 5.74) is 1.64. The van der Waals surface area contributed by atoms with Gasteiger partial charge in [0.2, 0.25) is 0 Å². The van der Waals surface area contributed by atoms with Crippen molar-refractivity contribution in [1.29, 1.82) is 0 Å². The lowest BCUT2D eigenvalue weighted by molar-refractivity contribution is -0.144. The molecule has 0 fully saturated rings. The maximum atomic E-state index is 13.0. The molecule has 3 rings (SSSR count). The summed E-state index contributed by atoms with van der Waals surface area (Å²) >= 11 is 0. The molecule has 3 aromatic rings. The first-order valence-electron chi connectivity index (χ1n) is 7.00. The number of halogens is 3. The lowest BCUT2D eigenvalue weighted by Gasteiger charge is -2.07. The monoisotopic (exact) mass is 334 g/mol. The third-order valence-corrected chi connectivity index (χ3v) is 3.35. The van der Waals surface area contributed by atoms with Gasteiger partial charge in [-0.05, 0) is 43.3 Å². The molecule has 0 atom stereocenters. The molecule has 0 radical (unpaired) electrons. The fourth-order valence-electron chi connectivity index (χ4n) is 2.12. The highest BCUT2D eigenvalue weighted by Gasteiger charge is 2.37. The smallest absolute Gasteiger partial charge is 0.453 e. The van der Waals surface area contributed by atoms with Crippen LogP contribution >= 0.6 is 0 Å². The molecule has 0 aliphatic rings. The summed E-state index contributed by atoms with van der Waals surface area (Å²) in [6.07, 6.45) is -3.16. The van der Waals surface area contributed by atoms with E-state index in [1.807, 2.05) is 0 Å². The Kier molecular flexibility index (Phi) is 3.96. The summed E-state index contributed by atoms with van der Waals surface area (Å²) in [6.45, 7) is 1.79. The van der Waals surface area contributed by atoms with Crippen LogP contribution in [0.25, 0.3) is 17.1 Å². The van der Waals surface area contributed by atoms with Gasteiger partial charge in [0.1, 0.15) is 5.75 Å². The van der Waals surface area contributed by atoms with Crippen molar-refractivity contribution in [3.63, 3.8) is 0 Å². The van der Waals surface area contributed by atoms with Crippen molar-refractivity contribution in [2.24, 2.45) is 0 Å². The molecule has 124 valence electrons. The number of aryl methyl sites for hydroxylation is 1. The van der Waals surface area contributed by atoms with Crippen LogP contribution in [0.4, 0.5) is 13.2 Å². The van der Waals surface area contributed by atoms with Crippen molar-refractivity contribution in [2.75, 3.05) is 7.11 Å². The van der Waals surface area contributed by atoms with E-state index in [0.717, 1.165) is 10.4 Å². The number of aromatic nitrogens is 4. The van der Waals surface area contributed by atoms with E-state index in [1.54, 1.807) is 43.3 Å². The first kappa shape index (κ1) is 16.0. The summed E-state index contributed by atoms with van der Waals surface area (Å²) in [5.74, 6) is -0.539. The topological polar surface area (TPSA) is 52.8 Å². The van der Waals surface area contributed by atoms with Crippen LogP contribution in [0, 0.1) is 6.92 Å². The van der Waals surface area contributed by atoms with E-state index in [9.17, 15) is 13.2 Å². The van der Waals surface area contributed by atoms with Gasteiger partial charge in [-0.2, -0.15) is 13.2 Å². The summed E-state index contributed by atoms with van der Waals surface area (Å²) in [4.78, 5) is 7.76. The zero-order valence-corrected chi connectivity index (χ0v) is 12.9. The van der Waals surface area contributed by atoms with Crippen LogP contribution in [0.2, 0.25) is 0 Å². The highest BCUT2D eigenvalue weighted by Crippen LogP contribution is 2.30. The van der Waals surface area contributed by atoms with E-state index < -0.39 is 12.0 Å². The molecule has 1 aromatic carbocycles. The lowest BCUT2D eigenvalue weighted by atomic mass is 10.2. The largest absolute Gasteiger partial charge is 0.497 e. The molecular formula is C16H13F3N4O. The van der Waals surface area contributed by atoms with E-state index in [0.29, 0.717) is 17.0 Å². The molecule has 2 heterocycles. The van der Waals surface area contributed by atoms with Crippen LogP contribution in [-0.2, 0) is 6.18 Å². The van der Waals surface area contributed by atoms with Gasteiger partial charge in [0, 0.05) is 17.5 Å². The standard InChI is InChI=1S/C16H13F3N4O/c1-10-3-4-11(9-20-10)14-21-15(16(17,18)19)22-23(14)12-5-7-13(24-2)8-6-12/h3-9H,1-2H3. The van der Waals surface area contributed by atoms with E-state index in [-0.39, 0.29) is 5.82 Å². The Labute approximate surface area is 135 Å². The molecule has 0 N–H and O–H groups in total. The van der Waals surface area contributed by atoms with Gasteiger partial charge in [0.25, 0.3) is 5.82 Å². The first-order chi connectivity index (χ1) is 11.4. The minimum atomic E-state index is -4.63. The van der Waals surface area contributed by atoms with Crippen molar-refractivity contribution in [3.05, 3.63) is 54.1 Å². The summed E-state index contributed by atoms with van der Waals surface area (Å²) in [6, 6.07) is 9.86. The van der Waals surface area contributed by atoms with Gasteiger partial charge >= 0.3 is 6.18 Å². The number of ether oxygens (including phenoxy) is 1. The van der Waals surface area contributed by atoms with Gasteiger partial charge in [-0.15, -0.1) is 5.10 Å². The highest BCUT2D eigenvalue weighted by molar-refractivity contribution is 5.57. The molecule has 2 aromatic heterocycles. The Balaban J connectivity index is 2.15. The zero-order chi connectivity index (χ0) is 17.3. The number of rotatable bonds is 3. The van der Waals surface area contributed by atoms with E-state index in [1.165, 1.54) is 13.3 Å². The fraction of sp³-hybridized carbons (Fsp3) is 0.188. The predicted octanol–water partition coefficient (Wildman–Crippen LogP) is 3.67. The Morgan fingerprint density at radius 3 is 2.29 bits per heavy atom. The van der Waals surface area contributed by atoms with E-state index in [2.05, 4.69) is 15.1 Å². The average molecular weight is 334 g/mol. The van der Waals surface area contributed by atoms with Crippen LogP contribution in [0.5, 0.6) is 5.75 Å². The number of benzene rings is 1. The van der Waals surface area contributed by atoms with Crippen molar-refractivity contribution >= 4 is 0 Å². The Morgan fingerprint density at radius 2 is 1.75 bits per heavy atom. The normalized spacial score (nSPS) is 11.5. The summed E-state index contributed by atoms with van der Waals surface area (Å²) in [5, 5.41) is 3.62. The van der Waals surface area contributed by atoms with Crippen molar-refractivity contribution in [3.8, 4) is 22.8 Å². The van der Waals surface area contributed by atoms with Crippen LogP contribution in [0.15, 0.2) is 42.6 Å². The number of hydrogen-bond acceptors (Lipinski definition) is 4. The summed E-state index contributed by atoms with van der Waals surface area (Å²) < 4.78 is 45.3. The molecule has 0 aliphatic heterocycles. The van der Waals surface area contributed by atoms with E-state index in [4.69, 9.17) is 4.74 Å². The number of nitrogens with zero attached hydrogens (tertiary/aromatic N) is 4. The molecular weight excluding hydrogens is 321 g/mol. The third kappa shape index (κ3) is 3.08. The van der Waals surface area contributed by atoms with Gasteiger partial charge in [-0.25, -0.2) is 9.67 Å². The lowest BCUT2D eigenvalue weighted by Crippen LogP contribution is -2.08. The molecule has 0 saturated heterocycles. The number of methoxy groups -OCH3 is 1. The SMILES string of the molecule is COc1ccc(-n2nc(C(F)(F)F)nc2-c2ccc(C)nc2)cc1. The van der Waals surface area contributed by atoms with Crippen molar-refractivity contribution in [2.45, 2.75) is 13.1 Å². The average Bonchev–Trinajstić information content (AvgIpc) is 3.01. The first-order valence-corrected chi connectivity index (χ1v) is 7.00. The fourth-order valence-corrected chi connectivity index (χ4v) is 2.12. The molecule has 0 unspecified atom stereocenters. The maximum Gasteiger partial charge on any atom is 0.453 e. The van der Waals surface area contributed by atoms with Gasteiger partial charge < -0.3 is 4.74 Å². The molecule has 0 amide bonds. The van der Waals surface area contributed by atoms with Gasteiger partial charge in [0.15, 0.2) is 5.82 Å². The minimum absolute atomic E-state index is 0.0694. The molecule has 5 nitrogen and oxygen atoms in total. The van der Waals surface area contributed by atoms with E-state index >= 15 is 0 Å². The number of alkyl halides is 3. The number of pyridine rings is 1. The zero-order valence-electron chi connectivity index (χ0n) is 12.9. The molecule has 0 bridgehead atoms. The minimum Gasteiger partial charge on any atom is -0.497 e. The third-order valence-electron chi connectivity index (χ3n) is 3.35. The van der Waals surface area contributed by atoms with Crippen LogP contribution in [0.3, 0.4) is 0 Å². The Morgan fingerprint density at radius 1 is 1.04 bits per heavy atom. The molecule has 0 aliphatic carbocycles. The maximum absolute atomic E-state index is 13.0. The number of hydrogen-bond donors (Lipinski definition) is 0. The second kappa shape index (κ2) is 5.95. The second-order valence-corrected chi connectivity index (χ2v) is 5.05. The predicted molar refractivity (Wildman–Crippen MR) is 80.9 cm³/mol. The van der Waals surface area contributed by atoms with Gasteiger partial charge in [0.05, 0.1) is 12.8 Å². The Hall–Kier alpha value is -2.90. The summed E-state index contributed by atoms with van der Waals surface area (Å²) in [7, 11) is 1.51. The van der Waals surface area contributed by atoms with Crippen LogP contribution in [0.1, 0.15) is 11.5 Å². The molecule has 0 saturated carbocycles. The van der Waals surface area contributed by atoms with Crippen molar-refractivity contribution < 1.29 is 17.9 Å².